The molecular formula is C11H15NS. The molecule has 0 amide bonds. The SMILES string of the molecule is Cc1ccc2c(c1C)NC(C)CS2. The van der Waals surface area contributed by atoms with E-state index in [1.165, 1.54) is 27.5 Å². The van der Waals surface area contributed by atoms with E-state index in [9.17, 15) is 0 Å². The minimum Gasteiger partial charge on any atom is -0.381 e. The molecule has 2 heteroatoms. The number of thioether (sulfide) groups is 1. The number of rotatable bonds is 0. The Hall–Kier alpha value is -0.630. The molecule has 1 heterocycles. The van der Waals surface area contributed by atoms with E-state index in [2.05, 4.69) is 38.2 Å². The summed E-state index contributed by atoms with van der Waals surface area (Å²) in [6.45, 7) is 6.60. The summed E-state index contributed by atoms with van der Waals surface area (Å²) < 4.78 is 0. The van der Waals surface area contributed by atoms with Crippen LogP contribution in [0.25, 0.3) is 0 Å². The van der Waals surface area contributed by atoms with Gasteiger partial charge < -0.3 is 5.32 Å². The molecule has 0 spiro atoms. The van der Waals surface area contributed by atoms with E-state index in [4.69, 9.17) is 0 Å². The molecule has 0 aromatic heterocycles. The summed E-state index contributed by atoms with van der Waals surface area (Å²) in [6.07, 6.45) is 0. The van der Waals surface area contributed by atoms with Crippen LogP contribution in [-0.2, 0) is 0 Å². The highest BCUT2D eigenvalue weighted by atomic mass is 32.2. The molecule has 1 aliphatic rings. The van der Waals surface area contributed by atoms with Crippen LogP contribution in [0.3, 0.4) is 0 Å². The molecule has 1 unspecified atom stereocenters. The van der Waals surface area contributed by atoms with Crippen molar-refractivity contribution in [3.8, 4) is 0 Å². The first-order valence-electron chi connectivity index (χ1n) is 4.68. The van der Waals surface area contributed by atoms with Crippen LogP contribution in [0.2, 0.25) is 0 Å². The van der Waals surface area contributed by atoms with E-state index >= 15 is 0 Å². The smallest absolute Gasteiger partial charge is 0.0513 e. The molecule has 1 atom stereocenters. The highest BCUT2D eigenvalue weighted by molar-refractivity contribution is 7.99. The topological polar surface area (TPSA) is 12.0 Å². The Labute approximate surface area is 83.9 Å². The van der Waals surface area contributed by atoms with Gasteiger partial charge in [0, 0.05) is 16.7 Å². The Morgan fingerprint density at radius 3 is 2.92 bits per heavy atom. The lowest BCUT2D eigenvalue weighted by molar-refractivity contribution is 0.890. The summed E-state index contributed by atoms with van der Waals surface area (Å²) >= 11 is 1.96. The van der Waals surface area contributed by atoms with Gasteiger partial charge in [-0.3, -0.25) is 0 Å². The van der Waals surface area contributed by atoms with Gasteiger partial charge in [0.2, 0.25) is 0 Å². The van der Waals surface area contributed by atoms with Crippen molar-refractivity contribution in [2.45, 2.75) is 31.7 Å². The predicted octanol–water partition coefficient (Wildman–Crippen LogP) is 3.21. The number of aryl methyl sites for hydroxylation is 1. The Morgan fingerprint density at radius 2 is 2.15 bits per heavy atom. The Balaban J connectivity index is 2.48. The van der Waals surface area contributed by atoms with E-state index in [1.54, 1.807) is 0 Å². The van der Waals surface area contributed by atoms with Crippen LogP contribution in [-0.4, -0.2) is 11.8 Å². The average molecular weight is 193 g/mol. The predicted molar refractivity (Wildman–Crippen MR) is 59.7 cm³/mol. The van der Waals surface area contributed by atoms with Crippen molar-refractivity contribution < 1.29 is 0 Å². The number of nitrogens with one attached hydrogen (secondary N) is 1. The van der Waals surface area contributed by atoms with Gasteiger partial charge in [0.15, 0.2) is 0 Å². The molecular weight excluding hydrogens is 178 g/mol. The minimum absolute atomic E-state index is 0.595. The van der Waals surface area contributed by atoms with Crippen LogP contribution in [0.4, 0.5) is 5.69 Å². The highest BCUT2D eigenvalue weighted by Crippen LogP contribution is 2.36. The third-order valence-electron chi connectivity index (χ3n) is 2.58. The number of benzene rings is 1. The minimum atomic E-state index is 0.595. The van der Waals surface area contributed by atoms with E-state index < -0.39 is 0 Å². The van der Waals surface area contributed by atoms with E-state index in [-0.39, 0.29) is 0 Å². The molecule has 13 heavy (non-hydrogen) atoms. The molecule has 0 aliphatic carbocycles. The first-order chi connectivity index (χ1) is 6.18. The van der Waals surface area contributed by atoms with Crippen molar-refractivity contribution in [2.75, 3.05) is 11.1 Å². The van der Waals surface area contributed by atoms with Crippen LogP contribution in [0.1, 0.15) is 18.1 Å². The monoisotopic (exact) mass is 193 g/mol. The van der Waals surface area contributed by atoms with Crippen LogP contribution >= 0.6 is 11.8 Å². The van der Waals surface area contributed by atoms with Gasteiger partial charge in [0.05, 0.1) is 5.69 Å². The number of hydrogen-bond donors (Lipinski definition) is 1. The maximum atomic E-state index is 3.55. The maximum absolute atomic E-state index is 3.55. The van der Waals surface area contributed by atoms with Gasteiger partial charge >= 0.3 is 0 Å². The van der Waals surface area contributed by atoms with Crippen LogP contribution in [0.15, 0.2) is 17.0 Å². The van der Waals surface area contributed by atoms with Gasteiger partial charge in [-0.2, -0.15) is 0 Å². The first-order valence-corrected chi connectivity index (χ1v) is 5.66. The lowest BCUT2D eigenvalue weighted by Gasteiger charge is -2.25. The van der Waals surface area contributed by atoms with Crippen molar-refractivity contribution in [3.05, 3.63) is 23.3 Å². The van der Waals surface area contributed by atoms with Crippen molar-refractivity contribution >= 4 is 17.4 Å². The Kier molecular flexibility index (Phi) is 2.24. The largest absolute Gasteiger partial charge is 0.381 e. The molecule has 1 N–H and O–H groups in total. The second-order valence-corrected chi connectivity index (χ2v) is 4.80. The molecule has 70 valence electrons. The van der Waals surface area contributed by atoms with Crippen LogP contribution < -0.4 is 5.32 Å². The summed E-state index contributed by atoms with van der Waals surface area (Å²) in [4.78, 5) is 1.40. The number of anilines is 1. The summed E-state index contributed by atoms with van der Waals surface area (Å²) in [7, 11) is 0. The number of hydrogen-bond acceptors (Lipinski definition) is 2. The third-order valence-corrected chi connectivity index (χ3v) is 3.90. The van der Waals surface area contributed by atoms with Gasteiger partial charge in [0.25, 0.3) is 0 Å². The molecule has 1 aromatic carbocycles. The second kappa shape index (κ2) is 3.26. The fraction of sp³-hybridized carbons (Fsp3) is 0.455. The van der Waals surface area contributed by atoms with E-state index in [1.807, 2.05) is 11.8 Å². The molecule has 0 saturated carbocycles. The van der Waals surface area contributed by atoms with Gasteiger partial charge in [-0.25, -0.2) is 0 Å². The second-order valence-electron chi connectivity index (χ2n) is 3.74. The van der Waals surface area contributed by atoms with Crippen LogP contribution in [0, 0.1) is 13.8 Å². The highest BCUT2D eigenvalue weighted by Gasteiger charge is 2.16. The molecule has 1 nitrogen and oxygen atoms in total. The van der Waals surface area contributed by atoms with E-state index in [0.717, 1.165) is 0 Å². The first kappa shape index (κ1) is 8.95. The van der Waals surface area contributed by atoms with Crippen molar-refractivity contribution in [2.24, 2.45) is 0 Å². The van der Waals surface area contributed by atoms with E-state index in [0.29, 0.717) is 6.04 Å². The van der Waals surface area contributed by atoms with Gasteiger partial charge in [-0.1, -0.05) is 6.07 Å². The van der Waals surface area contributed by atoms with Gasteiger partial charge in [0.1, 0.15) is 0 Å². The number of fused-ring (bicyclic) bond motifs is 1. The summed E-state index contributed by atoms with van der Waals surface area (Å²) in [5.74, 6) is 1.18. The standard InChI is InChI=1S/C11H15NS/c1-7-4-5-10-11(9(7)3)12-8(2)6-13-10/h4-5,8,12H,6H2,1-3H3. The molecule has 0 saturated heterocycles. The van der Waals surface area contributed by atoms with Crippen LogP contribution in [0.5, 0.6) is 0 Å². The molecule has 1 aliphatic heterocycles. The average Bonchev–Trinajstić information content (AvgIpc) is 2.12. The van der Waals surface area contributed by atoms with Crippen molar-refractivity contribution in [1.29, 1.82) is 0 Å². The summed E-state index contributed by atoms with van der Waals surface area (Å²) in [6, 6.07) is 5.03. The van der Waals surface area contributed by atoms with Gasteiger partial charge in [-0.05, 0) is 38.0 Å². The maximum Gasteiger partial charge on any atom is 0.0513 e. The Bertz CT molecular complexity index is 333. The zero-order valence-corrected chi connectivity index (χ0v) is 9.16. The lowest BCUT2D eigenvalue weighted by Crippen LogP contribution is -2.22. The normalized spacial score (nSPS) is 20.7. The molecule has 0 bridgehead atoms. The zero-order chi connectivity index (χ0) is 9.42. The molecule has 2 rings (SSSR count). The van der Waals surface area contributed by atoms with Crippen molar-refractivity contribution in [1.82, 2.24) is 0 Å². The lowest BCUT2D eigenvalue weighted by atomic mass is 10.1. The molecule has 0 fully saturated rings. The molecule has 1 aromatic rings. The summed E-state index contributed by atoms with van der Waals surface area (Å²) in [5.41, 5.74) is 4.13. The molecule has 0 radical (unpaired) electrons. The summed E-state index contributed by atoms with van der Waals surface area (Å²) in [5, 5.41) is 3.55. The third kappa shape index (κ3) is 1.55. The van der Waals surface area contributed by atoms with Gasteiger partial charge in [-0.15, -0.1) is 11.8 Å². The zero-order valence-electron chi connectivity index (χ0n) is 8.35. The fourth-order valence-electron chi connectivity index (χ4n) is 1.59. The Morgan fingerprint density at radius 1 is 1.38 bits per heavy atom. The quantitative estimate of drug-likeness (QED) is 0.679. The fourth-order valence-corrected chi connectivity index (χ4v) is 2.63. The van der Waals surface area contributed by atoms with Crippen molar-refractivity contribution in [3.63, 3.8) is 0 Å².